The minimum Gasteiger partial charge on any atom is -0.399 e. The topological polar surface area (TPSA) is 98.3 Å². The van der Waals surface area contributed by atoms with Crippen LogP contribution in [-0.4, -0.2) is 17.4 Å². The van der Waals surface area contributed by atoms with Crippen LogP contribution >= 0.6 is 0 Å². The summed E-state index contributed by atoms with van der Waals surface area (Å²) >= 11 is 0. The SMILES string of the molecule is CCC1(CNC(=O)c2cc(N)ccc2[N+](=O)[O-])CCCC1. The van der Waals surface area contributed by atoms with Crippen LogP contribution in [0.5, 0.6) is 0 Å². The highest BCUT2D eigenvalue weighted by Gasteiger charge is 2.32. The van der Waals surface area contributed by atoms with Crippen molar-refractivity contribution in [2.75, 3.05) is 12.3 Å². The number of hydrogen-bond donors (Lipinski definition) is 2. The first kappa shape index (κ1) is 15.3. The predicted molar refractivity (Wildman–Crippen MR) is 81.0 cm³/mol. The molecule has 21 heavy (non-hydrogen) atoms. The van der Waals surface area contributed by atoms with Crippen LogP contribution in [0, 0.1) is 15.5 Å². The summed E-state index contributed by atoms with van der Waals surface area (Å²) in [4.78, 5) is 22.7. The Morgan fingerprint density at radius 3 is 2.67 bits per heavy atom. The van der Waals surface area contributed by atoms with Crippen LogP contribution in [0.15, 0.2) is 18.2 Å². The van der Waals surface area contributed by atoms with Gasteiger partial charge >= 0.3 is 0 Å². The Balaban J connectivity index is 2.13. The highest BCUT2D eigenvalue weighted by molar-refractivity contribution is 5.99. The summed E-state index contributed by atoms with van der Waals surface area (Å²) in [6.45, 7) is 2.69. The molecule has 0 aromatic heterocycles. The van der Waals surface area contributed by atoms with Crippen LogP contribution in [0.4, 0.5) is 11.4 Å². The molecule has 1 fully saturated rings. The van der Waals surface area contributed by atoms with Crippen LogP contribution in [-0.2, 0) is 0 Å². The summed E-state index contributed by atoms with van der Waals surface area (Å²) in [7, 11) is 0. The summed E-state index contributed by atoms with van der Waals surface area (Å²) < 4.78 is 0. The fourth-order valence-corrected chi connectivity index (χ4v) is 3.04. The van der Waals surface area contributed by atoms with E-state index >= 15 is 0 Å². The monoisotopic (exact) mass is 291 g/mol. The standard InChI is InChI=1S/C15H21N3O3/c1-2-15(7-3-4-8-15)10-17-14(19)12-9-11(16)5-6-13(12)18(20)21/h5-6,9H,2-4,7-8,10,16H2,1H3,(H,17,19). The highest BCUT2D eigenvalue weighted by atomic mass is 16.6. The molecule has 0 saturated heterocycles. The number of carbonyl (C=O) groups excluding carboxylic acids is 1. The van der Waals surface area contributed by atoms with E-state index in [0.29, 0.717) is 12.2 Å². The molecule has 1 aliphatic rings. The lowest BCUT2D eigenvalue weighted by Crippen LogP contribution is -2.35. The van der Waals surface area contributed by atoms with Crippen molar-refractivity contribution in [3.8, 4) is 0 Å². The smallest absolute Gasteiger partial charge is 0.282 e. The maximum absolute atomic E-state index is 12.3. The Morgan fingerprint density at radius 1 is 1.43 bits per heavy atom. The average molecular weight is 291 g/mol. The number of nitrogen functional groups attached to an aromatic ring is 1. The molecule has 6 heteroatoms. The Kier molecular flexibility index (Phi) is 4.45. The number of nitrogens with zero attached hydrogens (tertiary/aromatic N) is 1. The van der Waals surface area contributed by atoms with E-state index in [4.69, 9.17) is 5.73 Å². The average Bonchev–Trinajstić information content (AvgIpc) is 2.94. The lowest BCUT2D eigenvalue weighted by Gasteiger charge is -2.27. The number of benzene rings is 1. The second kappa shape index (κ2) is 6.11. The van der Waals surface area contributed by atoms with Crippen molar-refractivity contribution in [1.82, 2.24) is 5.32 Å². The second-order valence-electron chi connectivity index (χ2n) is 5.78. The molecule has 0 heterocycles. The summed E-state index contributed by atoms with van der Waals surface area (Å²) in [5.74, 6) is -0.422. The summed E-state index contributed by atoms with van der Waals surface area (Å²) in [6, 6.07) is 4.07. The van der Waals surface area contributed by atoms with Gasteiger partial charge in [0, 0.05) is 18.3 Å². The molecule has 2 rings (SSSR count). The van der Waals surface area contributed by atoms with Gasteiger partial charge in [0.25, 0.3) is 11.6 Å². The van der Waals surface area contributed by atoms with Gasteiger partial charge in [0.1, 0.15) is 5.56 Å². The Labute approximate surface area is 123 Å². The maximum atomic E-state index is 12.3. The molecule has 1 aliphatic carbocycles. The number of rotatable bonds is 5. The molecule has 0 radical (unpaired) electrons. The number of anilines is 1. The molecular weight excluding hydrogens is 270 g/mol. The van der Waals surface area contributed by atoms with Gasteiger partial charge in [-0.15, -0.1) is 0 Å². The van der Waals surface area contributed by atoms with Crippen molar-refractivity contribution in [2.45, 2.75) is 39.0 Å². The van der Waals surface area contributed by atoms with E-state index < -0.39 is 10.8 Å². The lowest BCUT2D eigenvalue weighted by atomic mass is 9.83. The van der Waals surface area contributed by atoms with Gasteiger partial charge in [0.15, 0.2) is 0 Å². The normalized spacial score (nSPS) is 16.6. The van der Waals surface area contributed by atoms with Gasteiger partial charge in [-0.1, -0.05) is 19.8 Å². The quantitative estimate of drug-likeness (QED) is 0.495. The molecule has 0 atom stereocenters. The van der Waals surface area contributed by atoms with Crippen molar-refractivity contribution >= 4 is 17.3 Å². The first-order chi connectivity index (χ1) is 9.97. The zero-order chi connectivity index (χ0) is 15.5. The van der Waals surface area contributed by atoms with Crippen molar-refractivity contribution in [3.05, 3.63) is 33.9 Å². The van der Waals surface area contributed by atoms with Crippen molar-refractivity contribution in [2.24, 2.45) is 5.41 Å². The second-order valence-corrected chi connectivity index (χ2v) is 5.78. The van der Waals surface area contributed by atoms with Crippen molar-refractivity contribution in [1.29, 1.82) is 0 Å². The third kappa shape index (κ3) is 3.32. The van der Waals surface area contributed by atoms with Gasteiger partial charge in [-0.25, -0.2) is 0 Å². The molecule has 1 amide bonds. The number of hydrogen-bond acceptors (Lipinski definition) is 4. The summed E-state index contributed by atoms with van der Waals surface area (Å²) in [5, 5.41) is 13.9. The number of amides is 1. The molecule has 1 saturated carbocycles. The molecule has 6 nitrogen and oxygen atoms in total. The highest BCUT2D eigenvalue weighted by Crippen LogP contribution is 2.40. The molecule has 0 bridgehead atoms. The number of carbonyl (C=O) groups is 1. The van der Waals surface area contributed by atoms with Crippen LogP contribution in [0.1, 0.15) is 49.4 Å². The first-order valence-electron chi connectivity index (χ1n) is 7.29. The van der Waals surface area contributed by atoms with Crippen LogP contribution in [0.25, 0.3) is 0 Å². The zero-order valence-corrected chi connectivity index (χ0v) is 12.2. The lowest BCUT2D eigenvalue weighted by molar-refractivity contribution is -0.385. The maximum Gasteiger partial charge on any atom is 0.282 e. The van der Waals surface area contributed by atoms with Gasteiger partial charge in [-0.2, -0.15) is 0 Å². The fraction of sp³-hybridized carbons (Fsp3) is 0.533. The van der Waals surface area contributed by atoms with E-state index in [9.17, 15) is 14.9 Å². The molecule has 1 aromatic carbocycles. The number of nitrogens with two attached hydrogens (primary N) is 1. The first-order valence-corrected chi connectivity index (χ1v) is 7.29. The van der Waals surface area contributed by atoms with E-state index in [0.717, 1.165) is 19.3 Å². The molecule has 0 spiro atoms. The summed E-state index contributed by atoms with van der Waals surface area (Å²) in [6.07, 6.45) is 5.57. The van der Waals surface area contributed by atoms with Gasteiger partial charge in [-0.3, -0.25) is 14.9 Å². The van der Waals surface area contributed by atoms with E-state index in [1.807, 2.05) is 0 Å². The molecule has 0 unspecified atom stereocenters. The molecular formula is C15H21N3O3. The Bertz CT molecular complexity index is 551. The van der Waals surface area contributed by atoms with E-state index in [1.165, 1.54) is 31.0 Å². The predicted octanol–water partition coefficient (Wildman–Crippen LogP) is 2.88. The fourth-order valence-electron chi connectivity index (χ4n) is 3.04. The molecule has 114 valence electrons. The van der Waals surface area contributed by atoms with Crippen molar-refractivity contribution in [3.63, 3.8) is 0 Å². The van der Waals surface area contributed by atoms with Gasteiger partial charge in [0.05, 0.1) is 4.92 Å². The van der Waals surface area contributed by atoms with Crippen LogP contribution in [0.2, 0.25) is 0 Å². The molecule has 3 N–H and O–H groups in total. The van der Waals surface area contributed by atoms with Crippen LogP contribution < -0.4 is 11.1 Å². The molecule has 1 aromatic rings. The zero-order valence-electron chi connectivity index (χ0n) is 12.2. The third-order valence-electron chi connectivity index (χ3n) is 4.50. The number of nitro groups is 1. The van der Waals surface area contributed by atoms with Gasteiger partial charge in [-0.05, 0) is 36.8 Å². The number of nitrogens with one attached hydrogen (secondary N) is 1. The Hall–Kier alpha value is -2.11. The van der Waals surface area contributed by atoms with Crippen molar-refractivity contribution < 1.29 is 9.72 Å². The minimum atomic E-state index is -0.556. The largest absolute Gasteiger partial charge is 0.399 e. The van der Waals surface area contributed by atoms with Gasteiger partial charge in [0.2, 0.25) is 0 Å². The number of nitro benzene ring substituents is 1. The molecule has 0 aliphatic heterocycles. The van der Waals surface area contributed by atoms with E-state index in [1.54, 1.807) is 0 Å². The van der Waals surface area contributed by atoms with E-state index in [-0.39, 0.29) is 16.7 Å². The Morgan fingerprint density at radius 2 is 2.10 bits per heavy atom. The minimum absolute atomic E-state index is 0.0317. The van der Waals surface area contributed by atoms with E-state index in [2.05, 4.69) is 12.2 Å². The summed E-state index contributed by atoms with van der Waals surface area (Å²) in [5.41, 5.74) is 5.94. The van der Waals surface area contributed by atoms with Crippen LogP contribution in [0.3, 0.4) is 0 Å². The third-order valence-corrected chi connectivity index (χ3v) is 4.50. The van der Waals surface area contributed by atoms with Gasteiger partial charge < -0.3 is 11.1 Å².